The first-order valence-electron chi connectivity index (χ1n) is 5.17. The van der Waals surface area contributed by atoms with E-state index in [2.05, 4.69) is 6.58 Å². The molecule has 2 rings (SSSR count). The van der Waals surface area contributed by atoms with Crippen molar-refractivity contribution >= 4 is 5.57 Å². The molecule has 0 spiro atoms. The molecule has 0 amide bonds. The van der Waals surface area contributed by atoms with E-state index in [-0.39, 0.29) is 0 Å². The lowest BCUT2D eigenvalue weighted by atomic mass is 10.0. The van der Waals surface area contributed by atoms with Gasteiger partial charge >= 0.3 is 0 Å². The van der Waals surface area contributed by atoms with Crippen LogP contribution in [0.4, 0.5) is 0 Å². The van der Waals surface area contributed by atoms with E-state index >= 15 is 0 Å². The van der Waals surface area contributed by atoms with Gasteiger partial charge in [-0.2, -0.15) is 0 Å². The lowest BCUT2D eigenvalue weighted by Crippen LogP contribution is -1.93. The Kier molecular flexibility index (Phi) is 2.67. The molecule has 2 heteroatoms. The van der Waals surface area contributed by atoms with Crippen LogP contribution in [0.3, 0.4) is 0 Å². The summed E-state index contributed by atoms with van der Waals surface area (Å²) in [5, 5.41) is 0. The molecular formula is C13H16O2. The highest BCUT2D eigenvalue weighted by molar-refractivity contribution is 5.73. The van der Waals surface area contributed by atoms with Gasteiger partial charge in [0.1, 0.15) is 11.5 Å². The first kappa shape index (κ1) is 10.1. The van der Waals surface area contributed by atoms with Gasteiger partial charge in [-0.05, 0) is 42.5 Å². The summed E-state index contributed by atoms with van der Waals surface area (Å²) >= 11 is 0. The van der Waals surface area contributed by atoms with E-state index in [1.807, 2.05) is 18.2 Å². The van der Waals surface area contributed by atoms with Crippen LogP contribution in [0.5, 0.6) is 11.5 Å². The Balaban J connectivity index is 2.36. The molecule has 0 N–H and O–H groups in total. The van der Waals surface area contributed by atoms with E-state index in [1.54, 1.807) is 14.2 Å². The first-order valence-corrected chi connectivity index (χ1v) is 5.17. The summed E-state index contributed by atoms with van der Waals surface area (Å²) in [7, 11) is 3.36. The molecule has 1 aliphatic carbocycles. The van der Waals surface area contributed by atoms with Gasteiger partial charge in [-0.1, -0.05) is 6.58 Å². The summed E-state index contributed by atoms with van der Waals surface area (Å²) < 4.78 is 10.5. The van der Waals surface area contributed by atoms with Gasteiger partial charge in [0.05, 0.1) is 14.2 Å². The highest BCUT2D eigenvalue weighted by atomic mass is 16.5. The number of hydrogen-bond donors (Lipinski definition) is 0. The lowest BCUT2D eigenvalue weighted by Gasteiger charge is -2.11. The second kappa shape index (κ2) is 3.97. The molecule has 1 aromatic carbocycles. The van der Waals surface area contributed by atoms with Crippen LogP contribution in [-0.2, 0) is 0 Å². The fourth-order valence-corrected chi connectivity index (χ4v) is 1.72. The lowest BCUT2D eigenvalue weighted by molar-refractivity contribution is 0.402. The van der Waals surface area contributed by atoms with Gasteiger partial charge in [-0.25, -0.2) is 0 Å². The third-order valence-corrected chi connectivity index (χ3v) is 2.82. The van der Waals surface area contributed by atoms with Gasteiger partial charge in [-0.15, -0.1) is 0 Å². The Labute approximate surface area is 90.5 Å². The second-order valence-electron chi connectivity index (χ2n) is 3.87. The van der Waals surface area contributed by atoms with Crippen molar-refractivity contribution in [3.63, 3.8) is 0 Å². The van der Waals surface area contributed by atoms with Crippen molar-refractivity contribution in [2.24, 2.45) is 5.92 Å². The third kappa shape index (κ3) is 1.99. The van der Waals surface area contributed by atoms with Crippen LogP contribution in [0.25, 0.3) is 5.57 Å². The van der Waals surface area contributed by atoms with Crippen LogP contribution in [0.2, 0.25) is 0 Å². The zero-order valence-electron chi connectivity index (χ0n) is 9.25. The molecule has 0 heterocycles. The highest BCUT2D eigenvalue weighted by Crippen LogP contribution is 2.44. The number of allylic oxidation sites excluding steroid dienone is 1. The SMILES string of the molecule is C=C(c1cc(OC)ccc1OC)C1CC1. The van der Waals surface area contributed by atoms with Crippen molar-refractivity contribution in [1.82, 2.24) is 0 Å². The fraction of sp³-hybridized carbons (Fsp3) is 0.385. The second-order valence-corrected chi connectivity index (χ2v) is 3.87. The zero-order chi connectivity index (χ0) is 10.8. The van der Waals surface area contributed by atoms with Gasteiger partial charge in [0, 0.05) is 5.56 Å². The van der Waals surface area contributed by atoms with E-state index in [0.717, 1.165) is 17.1 Å². The molecule has 2 nitrogen and oxygen atoms in total. The smallest absolute Gasteiger partial charge is 0.126 e. The van der Waals surface area contributed by atoms with Gasteiger partial charge in [-0.3, -0.25) is 0 Å². The molecule has 80 valence electrons. The van der Waals surface area contributed by atoms with E-state index in [9.17, 15) is 0 Å². The predicted octanol–water partition coefficient (Wildman–Crippen LogP) is 3.13. The molecule has 0 aromatic heterocycles. The topological polar surface area (TPSA) is 18.5 Å². The standard InChI is InChI=1S/C13H16O2/c1-9(10-4-5-10)12-8-11(14-2)6-7-13(12)15-3/h6-8,10H,1,4-5H2,2-3H3. The Morgan fingerprint density at radius 3 is 2.53 bits per heavy atom. The van der Waals surface area contributed by atoms with E-state index in [4.69, 9.17) is 9.47 Å². The van der Waals surface area contributed by atoms with E-state index in [1.165, 1.54) is 18.4 Å². The van der Waals surface area contributed by atoms with Crippen molar-refractivity contribution in [2.45, 2.75) is 12.8 Å². The molecule has 0 aliphatic heterocycles. The minimum atomic E-state index is 0.644. The Bertz CT molecular complexity index is 378. The minimum Gasteiger partial charge on any atom is -0.497 e. The largest absolute Gasteiger partial charge is 0.497 e. The minimum absolute atomic E-state index is 0.644. The van der Waals surface area contributed by atoms with Crippen molar-refractivity contribution in [3.8, 4) is 11.5 Å². The molecule has 0 bridgehead atoms. The predicted molar refractivity (Wildman–Crippen MR) is 61.3 cm³/mol. The summed E-state index contributed by atoms with van der Waals surface area (Å²) in [4.78, 5) is 0. The summed E-state index contributed by atoms with van der Waals surface area (Å²) in [5.41, 5.74) is 2.25. The molecule has 1 saturated carbocycles. The first-order chi connectivity index (χ1) is 7.26. The van der Waals surface area contributed by atoms with Crippen LogP contribution in [0.15, 0.2) is 24.8 Å². The van der Waals surface area contributed by atoms with Crippen LogP contribution in [0.1, 0.15) is 18.4 Å². The maximum atomic E-state index is 5.33. The molecule has 1 aliphatic rings. The van der Waals surface area contributed by atoms with Crippen LogP contribution in [0, 0.1) is 5.92 Å². The van der Waals surface area contributed by atoms with Crippen LogP contribution < -0.4 is 9.47 Å². The van der Waals surface area contributed by atoms with Crippen molar-refractivity contribution < 1.29 is 9.47 Å². The third-order valence-electron chi connectivity index (χ3n) is 2.82. The number of benzene rings is 1. The van der Waals surface area contributed by atoms with Gasteiger partial charge in [0.2, 0.25) is 0 Å². The number of ether oxygens (including phenoxy) is 2. The molecule has 0 saturated heterocycles. The quantitative estimate of drug-likeness (QED) is 0.750. The van der Waals surface area contributed by atoms with Crippen molar-refractivity contribution in [3.05, 3.63) is 30.3 Å². The maximum Gasteiger partial charge on any atom is 0.126 e. The Morgan fingerprint density at radius 2 is 2.00 bits per heavy atom. The monoisotopic (exact) mass is 204 g/mol. The molecule has 0 radical (unpaired) electrons. The molecule has 1 aromatic rings. The Hall–Kier alpha value is -1.44. The van der Waals surface area contributed by atoms with E-state index in [0.29, 0.717) is 5.92 Å². The molecule has 0 unspecified atom stereocenters. The maximum absolute atomic E-state index is 5.33. The normalized spacial score (nSPS) is 14.8. The summed E-state index contributed by atoms with van der Waals surface area (Å²) in [5.74, 6) is 2.38. The Morgan fingerprint density at radius 1 is 1.27 bits per heavy atom. The zero-order valence-corrected chi connectivity index (χ0v) is 9.25. The fourth-order valence-electron chi connectivity index (χ4n) is 1.72. The highest BCUT2D eigenvalue weighted by Gasteiger charge is 2.27. The van der Waals surface area contributed by atoms with Crippen LogP contribution >= 0.6 is 0 Å². The van der Waals surface area contributed by atoms with Gasteiger partial charge < -0.3 is 9.47 Å². The van der Waals surface area contributed by atoms with Crippen molar-refractivity contribution in [2.75, 3.05) is 14.2 Å². The van der Waals surface area contributed by atoms with Gasteiger partial charge in [0.15, 0.2) is 0 Å². The van der Waals surface area contributed by atoms with Gasteiger partial charge in [0.25, 0.3) is 0 Å². The molecule has 0 atom stereocenters. The van der Waals surface area contributed by atoms with Crippen molar-refractivity contribution in [1.29, 1.82) is 0 Å². The number of methoxy groups -OCH3 is 2. The summed E-state index contributed by atoms with van der Waals surface area (Å²) in [6.45, 7) is 4.14. The van der Waals surface area contributed by atoms with E-state index < -0.39 is 0 Å². The summed E-state index contributed by atoms with van der Waals surface area (Å²) in [6.07, 6.45) is 2.50. The molecular weight excluding hydrogens is 188 g/mol. The number of rotatable bonds is 4. The average Bonchev–Trinajstić information content (AvgIpc) is 3.11. The number of hydrogen-bond acceptors (Lipinski definition) is 2. The van der Waals surface area contributed by atoms with Crippen LogP contribution in [-0.4, -0.2) is 14.2 Å². The molecule has 15 heavy (non-hydrogen) atoms. The average molecular weight is 204 g/mol. The molecule has 1 fully saturated rings. The summed E-state index contributed by atoms with van der Waals surface area (Å²) in [6, 6.07) is 5.84.